The second kappa shape index (κ2) is 10.4. The molecule has 1 aliphatic rings. The van der Waals surface area contributed by atoms with Crippen molar-refractivity contribution in [3.8, 4) is 11.1 Å². The number of carbonyl (C=O) groups is 3. The van der Waals surface area contributed by atoms with E-state index in [0.717, 1.165) is 22.3 Å². The van der Waals surface area contributed by atoms with Crippen molar-refractivity contribution >= 4 is 23.7 Å². The van der Waals surface area contributed by atoms with Crippen LogP contribution in [0, 0.1) is 5.92 Å². The lowest BCUT2D eigenvalue weighted by atomic mass is 9.98. The largest absolute Gasteiger partial charge is 0.481 e. The topological polar surface area (TPSA) is 95.9 Å². The number of aliphatic carboxylic acids is 1. The van der Waals surface area contributed by atoms with Crippen molar-refractivity contribution in [2.45, 2.75) is 19.8 Å². The van der Waals surface area contributed by atoms with Gasteiger partial charge in [-0.1, -0.05) is 67.6 Å². The number of rotatable bonds is 8. The first-order valence-corrected chi connectivity index (χ1v) is 11.6. The van der Waals surface area contributed by atoms with Crippen molar-refractivity contribution < 1.29 is 24.2 Å². The molecule has 2 amide bonds. The van der Waals surface area contributed by atoms with E-state index in [1.54, 1.807) is 38.1 Å². The number of carboxylic acid groups (broad SMARTS) is 1. The number of para-hydroxylation sites is 1. The Balaban J connectivity index is 1.46. The van der Waals surface area contributed by atoms with E-state index in [9.17, 15) is 19.5 Å². The van der Waals surface area contributed by atoms with Gasteiger partial charge in [0.1, 0.15) is 6.61 Å². The molecule has 0 fully saturated rings. The first-order chi connectivity index (χ1) is 16.9. The third-order valence-corrected chi connectivity index (χ3v) is 6.32. The lowest BCUT2D eigenvalue weighted by molar-refractivity contribution is -0.141. The summed E-state index contributed by atoms with van der Waals surface area (Å²) < 4.78 is 5.61. The maximum absolute atomic E-state index is 13.1. The molecular formula is C28H28N2O5. The normalized spacial score (nSPS) is 12.9. The summed E-state index contributed by atoms with van der Waals surface area (Å²) in [4.78, 5) is 38.6. The lowest BCUT2D eigenvalue weighted by Crippen LogP contribution is -2.37. The molecule has 0 spiro atoms. The highest BCUT2D eigenvalue weighted by atomic mass is 16.5. The standard InChI is InChI=1S/C28H28N2O5/c1-3-30(16-18(2)27(32)33)26(31)23-14-8-9-15-25(23)29-28(34)35-17-24-21-12-6-4-10-19(21)20-11-5-7-13-22(20)24/h4-15,18,24H,3,16-17H2,1-2H3,(H,29,34)(H,32,33). The monoisotopic (exact) mass is 472 g/mol. The minimum absolute atomic E-state index is 0.0712. The number of nitrogens with one attached hydrogen (secondary N) is 1. The first-order valence-electron chi connectivity index (χ1n) is 11.6. The van der Waals surface area contributed by atoms with Crippen LogP contribution >= 0.6 is 0 Å². The maximum Gasteiger partial charge on any atom is 0.411 e. The Bertz CT molecular complexity index is 1210. The van der Waals surface area contributed by atoms with E-state index in [0.29, 0.717) is 12.2 Å². The van der Waals surface area contributed by atoms with Crippen LogP contribution in [0.5, 0.6) is 0 Å². The molecule has 7 heteroatoms. The van der Waals surface area contributed by atoms with Gasteiger partial charge in [-0.3, -0.25) is 14.9 Å². The minimum Gasteiger partial charge on any atom is -0.481 e. The van der Waals surface area contributed by atoms with Gasteiger partial charge in [0.05, 0.1) is 17.2 Å². The molecule has 4 rings (SSSR count). The minimum atomic E-state index is -0.971. The molecule has 0 heterocycles. The van der Waals surface area contributed by atoms with Crippen molar-refractivity contribution in [3.63, 3.8) is 0 Å². The Morgan fingerprint density at radius 2 is 1.51 bits per heavy atom. The van der Waals surface area contributed by atoms with Gasteiger partial charge in [0.2, 0.25) is 0 Å². The average Bonchev–Trinajstić information content (AvgIpc) is 3.19. The number of hydrogen-bond acceptors (Lipinski definition) is 4. The molecule has 0 saturated heterocycles. The van der Waals surface area contributed by atoms with Gasteiger partial charge in [-0.15, -0.1) is 0 Å². The number of nitrogens with zero attached hydrogens (tertiary/aromatic N) is 1. The van der Waals surface area contributed by atoms with Gasteiger partial charge < -0.3 is 14.7 Å². The van der Waals surface area contributed by atoms with Crippen molar-refractivity contribution in [3.05, 3.63) is 89.5 Å². The highest BCUT2D eigenvalue weighted by molar-refractivity contribution is 6.02. The fourth-order valence-corrected chi connectivity index (χ4v) is 4.46. The van der Waals surface area contributed by atoms with Crippen molar-refractivity contribution in [2.75, 3.05) is 25.0 Å². The van der Waals surface area contributed by atoms with Gasteiger partial charge in [-0.05, 0) is 41.3 Å². The number of carbonyl (C=O) groups excluding carboxylic acids is 2. The van der Waals surface area contributed by atoms with Gasteiger partial charge in [-0.2, -0.15) is 0 Å². The summed E-state index contributed by atoms with van der Waals surface area (Å²) in [5.41, 5.74) is 5.11. The zero-order chi connectivity index (χ0) is 24.9. The number of benzene rings is 3. The Morgan fingerprint density at radius 1 is 0.943 bits per heavy atom. The molecule has 2 N–H and O–H groups in total. The van der Waals surface area contributed by atoms with Gasteiger partial charge in [0, 0.05) is 19.0 Å². The SMILES string of the molecule is CCN(CC(C)C(=O)O)C(=O)c1ccccc1NC(=O)OCC1c2ccccc2-c2ccccc21. The lowest BCUT2D eigenvalue weighted by Gasteiger charge is -2.24. The Hall–Kier alpha value is -4.13. The zero-order valence-electron chi connectivity index (χ0n) is 19.7. The fraction of sp³-hybridized carbons (Fsp3) is 0.250. The number of ether oxygens (including phenoxy) is 1. The Morgan fingerprint density at radius 3 is 2.11 bits per heavy atom. The summed E-state index contributed by atoms with van der Waals surface area (Å²) in [6.07, 6.45) is -0.658. The molecule has 1 atom stereocenters. The molecule has 7 nitrogen and oxygen atoms in total. The molecule has 0 saturated carbocycles. The van der Waals surface area contributed by atoms with E-state index in [-0.39, 0.29) is 30.5 Å². The van der Waals surface area contributed by atoms with Crippen LogP contribution in [0.4, 0.5) is 10.5 Å². The Kier molecular flexibility index (Phi) is 7.15. The molecule has 0 aromatic heterocycles. The third-order valence-electron chi connectivity index (χ3n) is 6.32. The molecule has 3 aromatic carbocycles. The van der Waals surface area contributed by atoms with Crippen LogP contribution in [0.25, 0.3) is 11.1 Å². The van der Waals surface area contributed by atoms with Crippen LogP contribution in [-0.4, -0.2) is 47.7 Å². The molecular weight excluding hydrogens is 444 g/mol. The maximum atomic E-state index is 13.1. The number of carboxylic acids is 1. The first kappa shape index (κ1) is 24.0. The van der Waals surface area contributed by atoms with Crippen LogP contribution in [0.15, 0.2) is 72.8 Å². The highest BCUT2D eigenvalue weighted by Gasteiger charge is 2.29. The summed E-state index contributed by atoms with van der Waals surface area (Å²) in [7, 11) is 0. The Labute approximate surface area is 204 Å². The predicted molar refractivity (Wildman–Crippen MR) is 134 cm³/mol. The van der Waals surface area contributed by atoms with Crippen LogP contribution < -0.4 is 5.32 Å². The van der Waals surface area contributed by atoms with Crippen LogP contribution in [0.1, 0.15) is 41.3 Å². The number of anilines is 1. The van der Waals surface area contributed by atoms with Crippen molar-refractivity contribution in [2.24, 2.45) is 5.92 Å². The van der Waals surface area contributed by atoms with Crippen LogP contribution in [0.2, 0.25) is 0 Å². The molecule has 0 aliphatic heterocycles. The van der Waals surface area contributed by atoms with Crippen molar-refractivity contribution in [1.82, 2.24) is 4.90 Å². The molecule has 3 aromatic rings. The van der Waals surface area contributed by atoms with E-state index in [1.807, 2.05) is 36.4 Å². The van der Waals surface area contributed by atoms with E-state index in [2.05, 4.69) is 17.4 Å². The molecule has 180 valence electrons. The summed E-state index contributed by atoms with van der Waals surface area (Å²) in [5.74, 6) is -2.10. The number of fused-ring (bicyclic) bond motifs is 3. The molecule has 0 radical (unpaired) electrons. The predicted octanol–water partition coefficient (Wildman–Crippen LogP) is 5.23. The van der Waals surface area contributed by atoms with Crippen LogP contribution in [-0.2, 0) is 9.53 Å². The molecule has 0 bridgehead atoms. The summed E-state index contributed by atoms with van der Waals surface area (Å²) in [6, 6.07) is 22.8. The van der Waals surface area contributed by atoms with E-state index < -0.39 is 18.0 Å². The highest BCUT2D eigenvalue weighted by Crippen LogP contribution is 2.44. The van der Waals surface area contributed by atoms with Crippen LogP contribution in [0.3, 0.4) is 0 Å². The van der Waals surface area contributed by atoms with E-state index in [1.165, 1.54) is 4.90 Å². The molecule has 1 unspecified atom stereocenters. The summed E-state index contributed by atoms with van der Waals surface area (Å²) >= 11 is 0. The average molecular weight is 473 g/mol. The van der Waals surface area contributed by atoms with E-state index in [4.69, 9.17) is 4.74 Å². The van der Waals surface area contributed by atoms with Crippen molar-refractivity contribution in [1.29, 1.82) is 0 Å². The van der Waals surface area contributed by atoms with Gasteiger partial charge in [-0.25, -0.2) is 4.79 Å². The second-order valence-corrected chi connectivity index (χ2v) is 8.58. The number of hydrogen-bond donors (Lipinski definition) is 2. The second-order valence-electron chi connectivity index (χ2n) is 8.58. The fourth-order valence-electron chi connectivity index (χ4n) is 4.46. The summed E-state index contributed by atoms with van der Waals surface area (Å²) in [6.45, 7) is 3.92. The van der Waals surface area contributed by atoms with Gasteiger partial charge in [0.25, 0.3) is 5.91 Å². The van der Waals surface area contributed by atoms with Gasteiger partial charge >= 0.3 is 12.1 Å². The molecule has 1 aliphatic carbocycles. The molecule has 35 heavy (non-hydrogen) atoms. The van der Waals surface area contributed by atoms with E-state index >= 15 is 0 Å². The zero-order valence-corrected chi connectivity index (χ0v) is 19.7. The quantitative estimate of drug-likeness (QED) is 0.468. The summed E-state index contributed by atoms with van der Waals surface area (Å²) in [5, 5.41) is 11.9. The number of amides is 2. The van der Waals surface area contributed by atoms with Gasteiger partial charge in [0.15, 0.2) is 0 Å². The smallest absolute Gasteiger partial charge is 0.411 e. The third kappa shape index (κ3) is 5.04.